The molecule has 10 atom stereocenters. The van der Waals surface area contributed by atoms with Crippen molar-refractivity contribution >= 4 is 17.8 Å². The van der Waals surface area contributed by atoms with Crippen LogP contribution in [0.1, 0.15) is 139 Å². The molecule has 1 N–H and O–H groups in total. The van der Waals surface area contributed by atoms with E-state index in [4.69, 9.17) is 9.47 Å². The van der Waals surface area contributed by atoms with Gasteiger partial charge in [0.2, 0.25) is 5.91 Å². The largest absolute Gasteiger partial charge is 0.481 e. The van der Waals surface area contributed by atoms with Crippen molar-refractivity contribution < 1.29 is 29.0 Å². The minimum Gasteiger partial charge on any atom is -0.481 e. The fourth-order valence-corrected chi connectivity index (χ4v) is 15.7. The Morgan fingerprint density at radius 1 is 0.696 bits per heavy atom. The fraction of sp³-hybridized carbons (Fsp3) is 0.936. The monoisotopic (exact) mass is 780 g/mol. The van der Waals surface area contributed by atoms with Crippen LogP contribution in [0.4, 0.5) is 0 Å². The molecule has 2 aliphatic heterocycles. The number of carbonyl (C=O) groups excluding carboxylic acids is 2. The van der Waals surface area contributed by atoms with E-state index in [1.165, 1.54) is 44.9 Å². The third-order valence-corrected chi connectivity index (χ3v) is 19.7. The summed E-state index contributed by atoms with van der Waals surface area (Å²) in [7, 11) is 0. The maximum Gasteiger partial charge on any atom is 0.309 e. The van der Waals surface area contributed by atoms with E-state index in [9.17, 15) is 14.7 Å². The number of hydrogen-bond acceptors (Lipinski definition) is 7. The number of aliphatic carboxylic acids is 1. The molecule has 0 spiro atoms. The molecule has 1 amide bonds. The second-order valence-electron chi connectivity index (χ2n) is 22.9. The Hall–Kier alpha value is -1.71. The molecular formula is C47H77N3O6. The molecule has 8 rings (SSSR count). The number of fused-ring (bicyclic) bond motifs is 7. The van der Waals surface area contributed by atoms with Crippen molar-refractivity contribution in [3.8, 4) is 0 Å². The molecule has 0 aromatic carbocycles. The summed E-state index contributed by atoms with van der Waals surface area (Å²) < 4.78 is 11.8. The Morgan fingerprint density at radius 2 is 1.36 bits per heavy atom. The van der Waals surface area contributed by atoms with Crippen LogP contribution in [-0.4, -0.2) is 109 Å². The Balaban J connectivity index is 0.997. The summed E-state index contributed by atoms with van der Waals surface area (Å²) in [5.41, 5.74) is -0.569. The summed E-state index contributed by atoms with van der Waals surface area (Å²) in [5.74, 6) is 1.95. The Morgan fingerprint density at radius 3 is 2.00 bits per heavy atom. The quantitative estimate of drug-likeness (QED) is 0.237. The molecule has 316 valence electrons. The number of ether oxygens (including phenoxy) is 2. The topological polar surface area (TPSA) is 99.6 Å². The molecule has 2 heterocycles. The molecule has 2 saturated heterocycles. The van der Waals surface area contributed by atoms with Crippen LogP contribution in [0.2, 0.25) is 0 Å². The first-order chi connectivity index (χ1) is 26.3. The zero-order valence-electron chi connectivity index (χ0n) is 36.6. The lowest BCUT2D eigenvalue weighted by Crippen LogP contribution is -2.68. The summed E-state index contributed by atoms with van der Waals surface area (Å²) in [5, 5.41) is 9.66. The predicted molar refractivity (Wildman–Crippen MR) is 218 cm³/mol. The lowest BCUT2D eigenvalue weighted by atomic mass is 9.32. The Bertz CT molecular complexity index is 1530. The van der Waals surface area contributed by atoms with Crippen molar-refractivity contribution in [1.29, 1.82) is 0 Å². The summed E-state index contributed by atoms with van der Waals surface area (Å²) >= 11 is 0. The number of morpholine rings is 1. The van der Waals surface area contributed by atoms with Gasteiger partial charge in [-0.15, -0.1) is 0 Å². The lowest BCUT2D eigenvalue weighted by molar-refractivity contribution is -0.251. The number of esters is 1. The maximum absolute atomic E-state index is 15.3. The molecule has 6 aliphatic carbocycles. The van der Waals surface area contributed by atoms with E-state index in [1.54, 1.807) is 13.8 Å². The minimum atomic E-state index is -1.14. The first-order valence-electron chi connectivity index (χ1n) is 23.1. The van der Waals surface area contributed by atoms with Crippen molar-refractivity contribution in [2.24, 2.45) is 67.5 Å². The maximum atomic E-state index is 15.3. The van der Waals surface area contributed by atoms with Gasteiger partial charge in [-0.25, -0.2) is 0 Å². The van der Waals surface area contributed by atoms with Crippen LogP contribution in [0.5, 0.6) is 0 Å². The molecule has 0 bridgehead atoms. The van der Waals surface area contributed by atoms with Crippen LogP contribution >= 0.6 is 0 Å². The smallest absolute Gasteiger partial charge is 0.309 e. The molecule has 4 unspecified atom stereocenters. The Kier molecular flexibility index (Phi) is 10.4. The summed E-state index contributed by atoms with van der Waals surface area (Å²) in [6.07, 6.45) is 13.6. The van der Waals surface area contributed by atoms with Crippen LogP contribution in [0.25, 0.3) is 0 Å². The van der Waals surface area contributed by atoms with Crippen LogP contribution < -0.4 is 0 Å². The molecule has 9 nitrogen and oxygen atoms in total. The predicted octanol–water partition coefficient (Wildman–Crippen LogP) is 7.76. The normalized spacial score (nSPS) is 43.5. The van der Waals surface area contributed by atoms with E-state index in [1.807, 2.05) is 0 Å². The first-order valence-corrected chi connectivity index (χ1v) is 23.1. The van der Waals surface area contributed by atoms with E-state index in [-0.39, 0.29) is 45.6 Å². The van der Waals surface area contributed by atoms with Crippen molar-refractivity contribution in [1.82, 2.24) is 14.7 Å². The van der Waals surface area contributed by atoms with Crippen molar-refractivity contribution in [2.75, 3.05) is 65.6 Å². The molecule has 0 aromatic rings. The SMILES string of the molecule is CC(C)(CC(=O)O[C@H]1CC[C@@]2(C)C(CC[C@]3(C)C2CCC2C4[C@H](C5(C)CC5)CC[C@]4(C(=O)N4CCN(CCN5CCOCC5)CC4)CC[C@]23C)C1(C)C)C(=O)O. The summed E-state index contributed by atoms with van der Waals surface area (Å²) in [6.45, 7) is 28.1. The molecule has 6 saturated carbocycles. The Labute approximate surface area is 338 Å². The van der Waals surface area contributed by atoms with Crippen LogP contribution in [0.3, 0.4) is 0 Å². The van der Waals surface area contributed by atoms with E-state index < -0.39 is 11.4 Å². The number of amides is 1. The van der Waals surface area contributed by atoms with Gasteiger partial charge in [-0.3, -0.25) is 24.2 Å². The lowest BCUT2D eigenvalue weighted by Gasteiger charge is -2.73. The molecule has 0 radical (unpaired) electrons. The van der Waals surface area contributed by atoms with Gasteiger partial charge in [0.15, 0.2) is 0 Å². The highest BCUT2D eigenvalue weighted by Crippen LogP contribution is 2.79. The van der Waals surface area contributed by atoms with Crippen LogP contribution in [-0.2, 0) is 23.9 Å². The second-order valence-corrected chi connectivity index (χ2v) is 22.9. The van der Waals surface area contributed by atoms with E-state index in [2.05, 4.69) is 56.2 Å². The number of carboxylic acids is 1. The molecule has 56 heavy (non-hydrogen) atoms. The van der Waals surface area contributed by atoms with Gasteiger partial charge in [0.05, 0.1) is 30.5 Å². The van der Waals surface area contributed by atoms with Crippen molar-refractivity contribution in [2.45, 2.75) is 145 Å². The van der Waals surface area contributed by atoms with Crippen molar-refractivity contribution in [3.05, 3.63) is 0 Å². The average Bonchev–Trinajstić information content (AvgIpc) is 3.77. The third kappa shape index (κ3) is 6.43. The van der Waals surface area contributed by atoms with E-state index in [0.717, 1.165) is 97.7 Å². The van der Waals surface area contributed by atoms with Gasteiger partial charge >= 0.3 is 11.9 Å². The number of carbonyl (C=O) groups is 3. The second kappa shape index (κ2) is 14.2. The number of hydrogen-bond donors (Lipinski definition) is 1. The zero-order chi connectivity index (χ0) is 40.1. The standard InChI is InChI=1S/C47H77N3O6/c1-41(2,40(53)54)31-37(51)56-36-13-14-44(6)34(42(36,3)4)12-15-46(8)35(44)10-9-33-38-32(43(5)17-18-43)11-16-47(38,20-19-45(33,46)7)39(52)50-25-23-48(24-26-50)21-22-49-27-29-55-30-28-49/h32-36,38H,9-31H2,1-8H3,(H,53,54)/t32-,33?,34?,35?,36+,38?,44+,45-,46-,47+/m1/s1. The highest BCUT2D eigenvalue weighted by molar-refractivity contribution is 5.84. The molecule has 0 aromatic heterocycles. The number of carboxylic acid groups (broad SMARTS) is 1. The van der Waals surface area contributed by atoms with Gasteiger partial charge < -0.3 is 19.5 Å². The fourth-order valence-electron chi connectivity index (χ4n) is 15.7. The van der Waals surface area contributed by atoms with Gasteiger partial charge in [0, 0.05) is 57.8 Å². The average molecular weight is 780 g/mol. The molecular weight excluding hydrogens is 703 g/mol. The number of nitrogens with zero attached hydrogens (tertiary/aromatic N) is 3. The van der Waals surface area contributed by atoms with E-state index in [0.29, 0.717) is 40.9 Å². The molecule has 8 fully saturated rings. The first kappa shape index (κ1) is 41.0. The number of piperazine rings is 1. The molecule has 9 heteroatoms. The van der Waals surface area contributed by atoms with Gasteiger partial charge in [-0.05, 0) is 142 Å². The highest BCUT2D eigenvalue weighted by atomic mass is 16.5. The van der Waals surface area contributed by atoms with Gasteiger partial charge in [-0.1, -0.05) is 41.5 Å². The van der Waals surface area contributed by atoms with Gasteiger partial charge in [0.25, 0.3) is 0 Å². The number of rotatable bonds is 9. The van der Waals surface area contributed by atoms with Crippen LogP contribution in [0.15, 0.2) is 0 Å². The summed E-state index contributed by atoms with van der Waals surface area (Å²) in [4.78, 5) is 47.7. The van der Waals surface area contributed by atoms with E-state index >= 15 is 4.79 Å². The molecule has 8 aliphatic rings. The summed E-state index contributed by atoms with van der Waals surface area (Å²) in [6, 6.07) is 0. The highest BCUT2D eigenvalue weighted by Gasteiger charge is 2.73. The van der Waals surface area contributed by atoms with Gasteiger partial charge in [-0.2, -0.15) is 0 Å². The van der Waals surface area contributed by atoms with Crippen LogP contribution in [0, 0.1) is 67.5 Å². The zero-order valence-corrected chi connectivity index (χ0v) is 36.6. The van der Waals surface area contributed by atoms with Crippen molar-refractivity contribution in [3.63, 3.8) is 0 Å². The minimum absolute atomic E-state index is 0.103. The third-order valence-electron chi connectivity index (χ3n) is 19.7. The van der Waals surface area contributed by atoms with Gasteiger partial charge in [0.1, 0.15) is 6.10 Å².